The third kappa shape index (κ3) is 2.09. The van der Waals surface area contributed by atoms with E-state index in [1.807, 2.05) is 0 Å². The van der Waals surface area contributed by atoms with Crippen LogP contribution in [0.5, 0.6) is 0 Å². The van der Waals surface area contributed by atoms with Crippen LogP contribution in [0.2, 0.25) is 0 Å². The Balaban J connectivity index is 0.00000132. The highest BCUT2D eigenvalue weighted by molar-refractivity contribution is 6.47. The van der Waals surface area contributed by atoms with E-state index in [2.05, 4.69) is 26.1 Å². The number of halogens is 3. The van der Waals surface area contributed by atoms with Gasteiger partial charge in [0.05, 0.1) is 18.2 Å². The van der Waals surface area contributed by atoms with Crippen molar-refractivity contribution in [3.05, 3.63) is 0 Å². The molecule has 21 heavy (non-hydrogen) atoms. The van der Waals surface area contributed by atoms with Crippen LogP contribution in [0.1, 0.15) is 40.0 Å². The quantitative estimate of drug-likeness (QED) is 0.753. The third-order valence-corrected chi connectivity index (χ3v) is 6.44. The molecule has 2 aliphatic heterocycles. The highest BCUT2D eigenvalue weighted by Gasteiger charge is 2.69. The molecular formula is C14H23BClF2NO2. The maximum absolute atomic E-state index is 13.3. The molecule has 0 aromatic rings. The van der Waals surface area contributed by atoms with Gasteiger partial charge in [0, 0.05) is 12.4 Å². The van der Waals surface area contributed by atoms with Crippen LogP contribution in [0.15, 0.2) is 0 Å². The smallest absolute Gasteiger partial charge is 0.404 e. The Labute approximate surface area is 131 Å². The molecule has 5 fully saturated rings. The zero-order valence-corrected chi connectivity index (χ0v) is 13.5. The average Bonchev–Trinajstić information content (AvgIpc) is 2.87. The maximum atomic E-state index is 13.3. The Hall–Kier alpha value is 0.0949. The molecule has 2 bridgehead atoms. The zero-order chi connectivity index (χ0) is 14.3. The van der Waals surface area contributed by atoms with Crippen molar-refractivity contribution in [2.24, 2.45) is 17.3 Å². The van der Waals surface area contributed by atoms with Crippen LogP contribution in [0.3, 0.4) is 0 Å². The van der Waals surface area contributed by atoms with Crippen molar-refractivity contribution in [2.45, 2.75) is 63.6 Å². The van der Waals surface area contributed by atoms with E-state index >= 15 is 0 Å². The normalized spacial score (nSPS) is 49.3. The van der Waals surface area contributed by atoms with Crippen LogP contribution < -0.4 is 5.32 Å². The van der Waals surface area contributed by atoms with E-state index in [0.29, 0.717) is 11.8 Å². The summed E-state index contributed by atoms with van der Waals surface area (Å²) in [6.45, 7) is 6.45. The molecule has 5 rings (SSSR count). The molecule has 120 valence electrons. The summed E-state index contributed by atoms with van der Waals surface area (Å²) in [6, 6.07) is 0. The molecule has 3 aliphatic carbocycles. The van der Waals surface area contributed by atoms with Gasteiger partial charge in [0.15, 0.2) is 0 Å². The van der Waals surface area contributed by atoms with Gasteiger partial charge in [0.2, 0.25) is 0 Å². The van der Waals surface area contributed by atoms with Crippen LogP contribution in [0.25, 0.3) is 0 Å². The minimum Gasteiger partial charge on any atom is -0.404 e. The summed E-state index contributed by atoms with van der Waals surface area (Å²) >= 11 is 0. The summed E-state index contributed by atoms with van der Waals surface area (Å²) in [5, 5.41) is 2.86. The first kappa shape index (κ1) is 16.0. The molecule has 0 aromatic carbocycles. The van der Waals surface area contributed by atoms with Gasteiger partial charge in [-0.15, -0.1) is 12.4 Å². The highest BCUT2D eigenvalue weighted by atomic mass is 35.5. The van der Waals surface area contributed by atoms with Crippen molar-refractivity contribution in [1.29, 1.82) is 0 Å². The number of rotatable bonds is 1. The molecule has 3 nitrogen and oxygen atoms in total. The molecule has 0 amide bonds. The SMILES string of the molecule is CC1(C)C2CC3OB(C4CC(F)(F)CN4)O[C@@]3(C)C1C2.Cl. The minimum absolute atomic E-state index is 0. The standard InChI is InChI=1S/C14H22BF2NO2.ClH/c1-12(2)8-4-9(12)13(3)10(5-8)19-15(20-13)11-6-14(16,17)7-18-11;/h8-11,18H,4-7H2,1-3H3;1H/t8?,9?,10?,11?,13-;/m0./s1. The van der Waals surface area contributed by atoms with E-state index < -0.39 is 13.0 Å². The summed E-state index contributed by atoms with van der Waals surface area (Å²) in [5.41, 5.74) is -0.0149. The molecule has 1 N–H and O–H groups in total. The van der Waals surface area contributed by atoms with Gasteiger partial charge in [-0.2, -0.15) is 0 Å². The molecule has 4 unspecified atom stereocenters. The maximum Gasteiger partial charge on any atom is 0.476 e. The van der Waals surface area contributed by atoms with Crippen LogP contribution in [-0.2, 0) is 9.31 Å². The molecule has 7 heteroatoms. The molecule has 2 heterocycles. The molecule has 2 saturated heterocycles. The van der Waals surface area contributed by atoms with E-state index in [9.17, 15) is 8.78 Å². The predicted molar refractivity (Wildman–Crippen MR) is 78.7 cm³/mol. The number of hydrogen-bond donors (Lipinski definition) is 1. The predicted octanol–water partition coefficient (Wildman–Crippen LogP) is 2.67. The van der Waals surface area contributed by atoms with Gasteiger partial charge in [-0.1, -0.05) is 13.8 Å². The summed E-state index contributed by atoms with van der Waals surface area (Å²) in [4.78, 5) is 0. The first-order valence-corrected chi connectivity index (χ1v) is 7.67. The van der Waals surface area contributed by atoms with Crippen molar-refractivity contribution in [2.75, 3.05) is 6.54 Å². The van der Waals surface area contributed by atoms with E-state index in [0.717, 1.165) is 6.42 Å². The van der Waals surface area contributed by atoms with E-state index in [1.165, 1.54) is 6.42 Å². The lowest BCUT2D eigenvalue weighted by molar-refractivity contribution is -0.199. The number of hydrogen-bond acceptors (Lipinski definition) is 3. The first-order chi connectivity index (χ1) is 9.22. The van der Waals surface area contributed by atoms with Gasteiger partial charge in [-0.05, 0) is 37.0 Å². The lowest BCUT2D eigenvalue weighted by atomic mass is 9.43. The Kier molecular flexibility index (Phi) is 3.47. The Morgan fingerprint density at radius 2 is 1.90 bits per heavy atom. The van der Waals surface area contributed by atoms with Crippen LogP contribution >= 0.6 is 12.4 Å². The van der Waals surface area contributed by atoms with Crippen molar-refractivity contribution in [1.82, 2.24) is 5.32 Å². The largest absolute Gasteiger partial charge is 0.476 e. The summed E-state index contributed by atoms with van der Waals surface area (Å²) in [5.74, 6) is -1.85. The number of alkyl halides is 2. The highest BCUT2D eigenvalue weighted by Crippen LogP contribution is 2.65. The Morgan fingerprint density at radius 3 is 2.48 bits per heavy atom. The topological polar surface area (TPSA) is 30.5 Å². The van der Waals surface area contributed by atoms with Gasteiger partial charge < -0.3 is 14.6 Å². The van der Waals surface area contributed by atoms with Crippen molar-refractivity contribution < 1.29 is 18.1 Å². The van der Waals surface area contributed by atoms with E-state index in [1.54, 1.807) is 0 Å². The zero-order valence-electron chi connectivity index (χ0n) is 12.7. The van der Waals surface area contributed by atoms with Gasteiger partial charge >= 0.3 is 7.12 Å². The Bertz CT molecular complexity index is 453. The average molecular weight is 322 g/mol. The molecule has 0 aromatic heterocycles. The van der Waals surface area contributed by atoms with Crippen LogP contribution in [0.4, 0.5) is 8.78 Å². The molecule has 5 atom stereocenters. The molecule has 3 saturated carbocycles. The molecule has 0 spiro atoms. The second-order valence-electron chi connectivity index (χ2n) is 7.88. The third-order valence-electron chi connectivity index (χ3n) is 6.44. The summed E-state index contributed by atoms with van der Waals surface area (Å²) in [6.07, 6.45) is 2.07. The van der Waals surface area contributed by atoms with Gasteiger partial charge in [-0.3, -0.25) is 0 Å². The fourth-order valence-electron chi connectivity index (χ4n) is 5.01. The lowest BCUT2D eigenvalue weighted by Crippen LogP contribution is -2.65. The van der Waals surface area contributed by atoms with Crippen molar-refractivity contribution in [3.8, 4) is 0 Å². The fraction of sp³-hybridized carbons (Fsp3) is 1.00. The lowest BCUT2D eigenvalue weighted by Gasteiger charge is -2.64. The molecule has 5 aliphatic rings. The minimum atomic E-state index is -2.63. The summed E-state index contributed by atoms with van der Waals surface area (Å²) < 4.78 is 38.9. The van der Waals surface area contributed by atoms with E-state index in [4.69, 9.17) is 9.31 Å². The van der Waals surface area contributed by atoms with Gasteiger partial charge in [-0.25, -0.2) is 8.78 Å². The molecular weight excluding hydrogens is 298 g/mol. The molecule has 0 radical (unpaired) electrons. The first-order valence-electron chi connectivity index (χ1n) is 7.67. The van der Waals surface area contributed by atoms with Gasteiger partial charge in [0.25, 0.3) is 5.92 Å². The second-order valence-corrected chi connectivity index (χ2v) is 7.88. The number of nitrogens with one attached hydrogen (secondary N) is 1. The van der Waals surface area contributed by atoms with Crippen LogP contribution in [-0.4, -0.2) is 37.2 Å². The Morgan fingerprint density at radius 1 is 1.19 bits per heavy atom. The fourth-order valence-corrected chi connectivity index (χ4v) is 5.01. The summed E-state index contributed by atoms with van der Waals surface area (Å²) in [7, 11) is -0.520. The van der Waals surface area contributed by atoms with Crippen molar-refractivity contribution in [3.63, 3.8) is 0 Å². The van der Waals surface area contributed by atoms with E-state index in [-0.39, 0.29) is 48.4 Å². The van der Waals surface area contributed by atoms with Gasteiger partial charge in [0.1, 0.15) is 0 Å². The van der Waals surface area contributed by atoms with Crippen LogP contribution in [0, 0.1) is 17.3 Å². The second kappa shape index (κ2) is 4.56. The van der Waals surface area contributed by atoms with Crippen molar-refractivity contribution >= 4 is 19.5 Å². The monoisotopic (exact) mass is 321 g/mol.